The fourth-order valence-corrected chi connectivity index (χ4v) is 2.49. The van der Waals surface area contributed by atoms with Crippen LogP contribution in [0.4, 0.5) is 0 Å². The Morgan fingerprint density at radius 2 is 2.04 bits per heavy atom. The van der Waals surface area contributed by atoms with Gasteiger partial charge in [-0.05, 0) is 30.5 Å². The highest BCUT2D eigenvalue weighted by Crippen LogP contribution is 2.27. The van der Waals surface area contributed by atoms with Crippen molar-refractivity contribution in [2.75, 3.05) is 20.8 Å². The number of nitrogens with two attached hydrogens (primary N) is 2. The quantitative estimate of drug-likeness (QED) is 0.481. The van der Waals surface area contributed by atoms with E-state index in [1.807, 2.05) is 18.2 Å². The van der Waals surface area contributed by atoms with Gasteiger partial charge in [-0.3, -0.25) is 4.79 Å². The first-order valence-corrected chi connectivity index (χ1v) is 7.73. The molecule has 1 saturated heterocycles. The number of guanidine groups is 1. The Hall–Kier alpha value is -2.48. The molecule has 2 rings (SSSR count). The van der Waals surface area contributed by atoms with Gasteiger partial charge in [0.15, 0.2) is 17.5 Å². The molecule has 0 saturated carbocycles. The number of ether oxygens (including phenoxy) is 3. The summed E-state index contributed by atoms with van der Waals surface area (Å²) in [5.74, 6) is 1.20. The maximum Gasteiger partial charge on any atom is 0.246 e. The van der Waals surface area contributed by atoms with E-state index in [1.54, 1.807) is 14.2 Å². The van der Waals surface area contributed by atoms with Gasteiger partial charge < -0.3 is 31.0 Å². The summed E-state index contributed by atoms with van der Waals surface area (Å²) < 4.78 is 16.0. The van der Waals surface area contributed by atoms with Gasteiger partial charge in [0.2, 0.25) is 5.91 Å². The molecular formula is C16H24N4O4. The maximum absolute atomic E-state index is 11.1. The van der Waals surface area contributed by atoms with Crippen LogP contribution in [-0.2, 0) is 16.1 Å². The van der Waals surface area contributed by atoms with E-state index in [1.165, 1.54) is 0 Å². The number of carbonyl (C=O) groups excluding carboxylic acids is 1. The smallest absolute Gasteiger partial charge is 0.246 e. The minimum Gasteiger partial charge on any atom is -0.493 e. The summed E-state index contributed by atoms with van der Waals surface area (Å²) in [6.07, 6.45) is 0.826. The monoisotopic (exact) mass is 336 g/mol. The lowest BCUT2D eigenvalue weighted by molar-refractivity contribution is -0.128. The largest absolute Gasteiger partial charge is 0.493 e. The van der Waals surface area contributed by atoms with Crippen LogP contribution < -0.4 is 26.3 Å². The zero-order chi connectivity index (χ0) is 17.5. The van der Waals surface area contributed by atoms with Crippen molar-refractivity contribution >= 4 is 11.9 Å². The van der Waals surface area contributed by atoms with E-state index in [2.05, 4.69) is 10.3 Å². The number of methoxy groups -OCH3 is 2. The van der Waals surface area contributed by atoms with Crippen molar-refractivity contribution in [3.63, 3.8) is 0 Å². The third-order valence-electron chi connectivity index (χ3n) is 3.82. The molecule has 0 radical (unpaired) electrons. The Bertz CT molecular complexity index is 606. The summed E-state index contributed by atoms with van der Waals surface area (Å²) in [6, 6.07) is 5.58. The molecule has 1 amide bonds. The molecule has 1 aromatic rings. The van der Waals surface area contributed by atoms with Gasteiger partial charge >= 0.3 is 0 Å². The van der Waals surface area contributed by atoms with E-state index in [4.69, 9.17) is 25.7 Å². The van der Waals surface area contributed by atoms with Crippen LogP contribution in [0, 0.1) is 0 Å². The summed E-state index contributed by atoms with van der Waals surface area (Å²) in [7, 11) is 3.17. The van der Waals surface area contributed by atoms with E-state index < -0.39 is 12.0 Å². The Morgan fingerprint density at radius 3 is 2.67 bits per heavy atom. The predicted molar refractivity (Wildman–Crippen MR) is 90.0 cm³/mol. The van der Waals surface area contributed by atoms with Crippen molar-refractivity contribution in [3.05, 3.63) is 23.8 Å². The molecule has 2 atom stereocenters. The minimum atomic E-state index is -0.498. The molecule has 1 heterocycles. The van der Waals surface area contributed by atoms with Crippen molar-refractivity contribution in [1.82, 2.24) is 5.32 Å². The van der Waals surface area contributed by atoms with E-state index in [0.29, 0.717) is 37.0 Å². The molecule has 5 N–H and O–H groups in total. The normalized spacial score (nSPS) is 20.7. The van der Waals surface area contributed by atoms with Crippen LogP contribution >= 0.6 is 0 Å². The zero-order valence-electron chi connectivity index (χ0n) is 14.0. The first kappa shape index (κ1) is 17.9. The molecule has 0 aromatic heterocycles. The van der Waals surface area contributed by atoms with E-state index in [0.717, 1.165) is 12.0 Å². The fourth-order valence-electron chi connectivity index (χ4n) is 2.49. The van der Waals surface area contributed by atoms with Crippen molar-refractivity contribution in [3.8, 4) is 11.5 Å². The third-order valence-corrected chi connectivity index (χ3v) is 3.82. The Labute approximate surface area is 141 Å². The van der Waals surface area contributed by atoms with Gasteiger partial charge in [-0.1, -0.05) is 6.07 Å². The number of nitrogens with one attached hydrogen (secondary N) is 1. The second-order valence-corrected chi connectivity index (χ2v) is 5.50. The number of hydrogen-bond donors (Lipinski definition) is 3. The Morgan fingerprint density at radius 1 is 1.29 bits per heavy atom. The van der Waals surface area contributed by atoms with Crippen LogP contribution in [0.25, 0.3) is 0 Å². The molecule has 0 bridgehead atoms. The second kappa shape index (κ2) is 8.39. The summed E-state index contributed by atoms with van der Waals surface area (Å²) in [4.78, 5) is 15.3. The Balaban J connectivity index is 1.83. The molecule has 1 aliphatic heterocycles. The second-order valence-electron chi connectivity index (χ2n) is 5.50. The van der Waals surface area contributed by atoms with Gasteiger partial charge in [-0.15, -0.1) is 0 Å². The molecule has 24 heavy (non-hydrogen) atoms. The van der Waals surface area contributed by atoms with Crippen LogP contribution in [0.3, 0.4) is 0 Å². The van der Waals surface area contributed by atoms with Crippen molar-refractivity contribution in [1.29, 1.82) is 0 Å². The SMILES string of the molecule is COc1ccc(CN=C(N)NCC2CCC(C(N)=O)O2)cc1OC. The average molecular weight is 336 g/mol. The molecule has 0 spiro atoms. The number of carbonyl (C=O) groups is 1. The number of benzene rings is 1. The molecular weight excluding hydrogens is 312 g/mol. The minimum absolute atomic E-state index is 0.0858. The molecule has 1 aromatic carbocycles. The molecule has 132 valence electrons. The lowest BCUT2D eigenvalue weighted by atomic mass is 10.2. The first-order valence-electron chi connectivity index (χ1n) is 7.73. The number of rotatable bonds is 7. The first-order chi connectivity index (χ1) is 11.5. The van der Waals surface area contributed by atoms with Gasteiger partial charge in [-0.2, -0.15) is 0 Å². The lowest BCUT2D eigenvalue weighted by Gasteiger charge is -2.13. The standard InChI is InChI=1S/C16H24N4O4/c1-22-12-5-3-10(7-14(12)23-2)8-19-16(18)20-9-11-4-6-13(24-11)15(17)21/h3,5,7,11,13H,4,6,8-9H2,1-2H3,(H2,17,21)(H3,18,19,20). The highest BCUT2D eigenvalue weighted by Gasteiger charge is 2.28. The zero-order valence-corrected chi connectivity index (χ0v) is 14.0. The maximum atomic E-state index is 11.1. The van der Waals surface area contributed by atoms with Crippen molar-refractivity contribution in [2.24, 2.45) is 16.5 Å². The molecule has 8 nitrogen and oxygen atoms in total. The highest BCUT2D eigenvalue weighted by molar-refractivity contribution is 5.79. The van der Waals surface area contributed by atoms with Gasteiger partial charge in [-0.25, -0.2) is 4.99 Å². The number of amides is 1. The summed E-state index contributed by atoms with van der Waals surface area (Å²) in [5.41, 5.74) is 12.0. The number of nitrogens with zero attached hydrogens (tertiary/aromatic N) is 1. The van der Waals surface area contributed by atoms with Crippen molar-refractivity contribution in [2.45, 2.75) is 31.6 Å². The number of hydrogen-bond acceptors (Lipinski definition) is 5. The van der Waals surface area contributed by atoms with E-state index in [-0.39, 0.29) is 6.10 Å². The summed E-state index contributed by atoms with van der Waals surface area (Å²) >= 11 is 0. The van der Waals surface area contributed by atoms with Crippen LogP contribution in [-0.4, -0.2) is 44.8 Å². The fraction of sp³-hybridized carbons (Fsp3) is 0.500. The highest BCUT2D eigenvalue weighted by atomic mass is 16.5. The summed E-state index contributed by atoms with van der Waals surface area (Å²) in [5, 5.41) is 3.00. The summed E-state index contributed by atoms with van der Waals surface area (Å²) in [6.45, 7) is 0.902. The molecule has 0 aliphatic carbocycles. The predicted octanol–water partition coefficient (Wildman–Crippen LogP) is 0.141. The van der Waals surface area contributed by atoms with Crippen LogP contribution in [0.15, 0.2) is 23.2 Å². The van der Waals surface area contributed by atoms with Gasteiger partial charge in [0.1, 0.15) is 6.10 Å². The lowest BCUT2D eigenvalue weighted by Crippen LogP contribution is -2.38. The van der Waals surface area contributed by atoms with Crippen molar-refractivity contribution < 1.29 is 19.0 Å². The number of primary amides is 1. The number of aliphatic imine (C=N–C) groups is 1. The molecule has 2 unspecified atom stereocenters. The Kier molecular flexibility index (Phi) is 6.25. The van der Waals surface area contributed by atoms with Gasteiger partial charge in [0.05, 0.1) is 26.9 Å². The van der Waals surface area contributed by atoms with Gasteiger partial charge in [0.25, 0.3) is 0 Å². The molecule has 1 fully saturated rings. The van der Waals surface area contributed by atoms with Crippen LogP contribution in [0.2, 0.25) is 0 Å². The average Bonchev–Trinajstić information content (AvgIpc) is 3.07. The van der Waals surface area contributed by atoms with E-state index >= 15 is 0 Å². The van der Waals surface area contributed by atoms with E-state index in [9.17, 15) is 4.79 Å². The third kappa shape index (κ3) is 4.76. The molecule has 1 aliphatic rings. The topological polar surface area (TPSA) is 121 Å². The van der Waals surface area contributed by atoms with Crippen LogP contribution in [0.1, 0.15) is 18.4 Å². The van der Waals surface area contributed by atoms with Crippen LogP contribution in [0.5, 0.6) is 11.5 Å². The van der Waals surface area contributed by atoms with Gasteiger partial charge in [0, 0.05) is 6.54 Å². The molecule has 8 heteroatoms.